The molecule has 0 atom stereocenters. The minimum atomic E-state index is 0.159. The van der Waals surface area contributed by atoms with Gasteiger partial charge in [-0.3, -0.25) is 4.98 Å². The number of nitrogens with zero attached hydrogens (tertiary/aromatic N) is 3. The molecule has 0 bridgehead atoms. The molecule has 6 heteroatoms. The minimum Gasteiger partial charge on any atom is -0.491 e. The van der Waals surface area contributed by atoms with E-state index in [0.717, 1.165) is 28.5 Å². The lowest BCUT2D eigenvalue weighted by Crippen LogP contribution is -2.05. The van der Waals surface area contributed by atoms with Gasteiger partial charge in [0.05, 0.1) is 24.2 Å². The Morgan fingerprint density at radius 3 is 2.20 bits per heavy atom. The molecule has 0 saturated carbocycles. The third kappa shape index (κ3) is 4.91. The lowest BCUT2D eigenvalue weighted by Gasteiger charge is -2.11. The second-order valence-electron chi connectivity index (χ2n) is 5.92. The van der Waals surface area contributed by atoms with Crippen LogP contribution >= 0.6 is 0 Å². The molecule has 2 aromatic heterocycles. The fraction of sp³-hybridized carbons (Fsp3) is 0.211. The van der Waals surface area contributed by atoms with Crippen LogP contribution in [0, 0.1) is 6.92 Å². The van der Waals surface area contributed by atoms with Crippen molar-refractivity contribution in [1.82, 2.24) is 15.0 Å². The Kier molecular flexibility index (Phi) is 5.09. The fourth-order valence-corrected chi connectivity index (χ4v) is 2.27. The van der Waals surface area contributed by atoms with Crippen molar-refractivity contribution in [2.45, 2.75) is 26.9 Å². The zero-order valence-corrected chi connectivity index (χ0v) is 14.5. The van der Waals surface area contributed by atoms with Gasteiger partial charge in [-0.05, 0) is 57.2 Å². The summed E-state index contributed by atoms with van der Waals surface area (Å²) in [6.07, 6.45) is 5.40. The second-order valence-corrected chi connectivity index (χ2v) is 5.92. The number of aromatic nitrogens is 3. The summed E-state index contributed by atoms with van der Waals surface area (Å²) in [5.74, 6) is 1.38. The number of pyridine rings is 1. The average Bonchev–Trinajstić information content (AvgIpc) is 2.58. The van der Waals surface area contributed by atoms with Crippen molar-refractivity contribution in [3.63, 3.8) is 0 Å². The van der Waals surface area contributed by atoms with Crippen molar-refractivity contribution in [2.75, 3.05) is 10.6 Å². The summed E-state index contributed by atoms with van der Waals surface area (Å²) in [7, 11) is 0. The number of hydrogen-bond acceptors (Lipinski definition) is 6. The van der Waals surface area contributed by atoms with Gasteiger partial charge >= 0.3 is 0 Å². The molecule has 0 aliphatic rings. The molecule has 0 fully saturated rings. The van der Waals surface area contributed by atoms with Crippen LogP contribution in [0.1, 0.15) is 19.5 Å². The van der Waals surface area contributed by atoms with Gasteiger partial charge in [0.1, 0.15) is 5.75 Å². The van der Waals surface area contributed by atoms with Gasteiger partial charge in [0.2, 0.25) is 5.95 Å². The molecule has 0 aliphatic heterocycles. The SMILES string of the molecule is Cc1cc(Nc2cnc(Nc3ccc(OC(C)C)cc3)nc2)ccn1. The van der Waals surface area contributed by atoms with Gasteiger partial charge in [0.15, 0.2) is 0 Å². The van der Waals surface area contributed by atoms with Crippen LogP contribution in [0.2, 0.25) is 0 Å². The van der Waals surface area contributed by atoms with Crippen LogP contribution in [0.4, 0.5) is 23.0 Å². The van der Waals surface area contributed by atoms with E-state index in [1.54, 1.807) is 18.6 Å². The van der Waals surface area contributed by atoms with E-state index in [0.29, 0.717) is 5.95 Å². The largest absolute Gasteiger partial charge is 0.491 e. The Morgan fingerprint density at radius 1 is 0.840 bits per heavy atom. The maximum atomic E-state index is 5.63. The van der Waals surface area contributed by atoms with Gasteiger partial charge < -0.3 is 15.4 Å². The van der Waals surface area contributed by atoms with E-state index in [9.17, 15) is 0 Å². The molecule has 6 nitrogen and oxygen atoms in total. The molecule has 2 heterocycles. The van der Waals surface area contributed by atoms with Crippen LogP contribution in [0.25, 0.3) is 0 Å². The number of ether oxygens (including phenoxy) is 1. The Labute approximate surface area is 147 Å². The Bertz CT molecular complexity index is 816. The number of hydrogen-bond donors (Lipinski definition) is 2. The summed E-state index contributed by atoms with van der Waals surface area (Å²) < 4.78 is 5.63. The second kappa shape index (κ2) is 7.61. The molecule has 0 amide bonds. The van der Waals surface area contributed by atoms with Crippen molar-refractivity contribution in [1.29, 1.82) is 0 Å². The molecule has 0 aliphatic carbocycles. The van der Waals surface area contributed by atoms with E-state index >= 15 is 0 Å². The maximum absolute atomic E-state index is 5.63. The predicted octanol–water partition coefficient (Wildman–Crippen LogP) is 4.45. The van der Waals surface area contributed by atoms with Crippen LogP contribution < -0.4 is 15.4 Å². The molecular weight excluding hydrogens is 314 g/mol. The predicted molar refractivity (Wildman–Crippen MR) is 99.8 cm³/mol. The van der Waals surface area contributed by atoms with Crippen molar-refractivity contribution in [2.24, 2.45) is 0 Å². The summed E-state index contributed by atoms with van der Waals surface area (Å²) in [5.41, 5.74) is 3.63. The topological polar surface area (TPSA) is 72.0 Å². The van der Waals surface area contributed by atoms with Crippen LogP contribution in [-0.2, 0) is 0 Å². The summed E-state index contributed by atoms with van der Waals surface area (Å²) in [6, 6.07) is 11.6. The maximum Gasteiger partial charge on any atom is 0.227 e. The molecule has 0 spiro atoms. The van der Waals surface area contributed by atoms with Crippen LogP contribution in [-0.4, -0.2) is 21.1 Å². The highest BCUT2D eigenvalue weighted by molar-refractivity contribution is 5.60. The molecule has 2 N–H and O–H groups in total. The van der Waals surface area contributed by atoms with Gasteiger partial charge in [0.25, 0.3) is 0 Å². The molecule has 128 valence electrons. The fourth-order valence-electron chi connectivity index (χ4n) is 2.27. The minimum absolute atomic E-state index is 0.159. The number of aryl methyl sites for hydroxylation is 1. The van der Waals surface area contributed by atoms with E-state index in [2.05, 4.69) is 25.6 Å². The molecule has 25 heavy (non-hydrogen) atoms. The van der Waals surface area contributed by atoms with Gasteiger partial charge in [-0.15, -0.1) is 0 Å². The molecule has 0 unspecified atom stereocenters. The molecular formula is C19H21N5O. The van der Waals surface area contributed by atoms with Crippen molar-refractivity contribution in [3.8, 4) is 5.75 Å². The number of rotatable bonds is 6. The lowest BCUT2D eigenvalue weighted by molar-refractivity contribution is 0.242. The molecule has 1 aromatic carbocycles. The highest BCUT2D eigenvalue weighted by Crippen LogP contribution is 2.20. The number of nitrogens with one attached hydrogen (secondary N) is 2. The molecule has 3 aromatic rings. The normalized spacial score (nSPS) is 10.6. The van der Waals surface area contributed by atoms with E-state index in [4.69, 9.17) is 4.74 Å². The smallest absolute Gasteiger partial charge is 0.227 e. The third-order valence-corrected chi connectivity index (χ3v) is 3.32. The molecule has 3 rings (SSSR count). The van der Waals surface area contributed by atoms with Gasteiger partial charge in [-0.2, -0.15) is 0 Å². The van der Waals surface area contributed by atoms with Crippen LogP contribution in [0.5, 0.6) is 5.75 Å². The average molecular weight is 335 g/mol. The standard InChI is InChI=1S/C19H21N5O/c1-13(2)25-18-6-4-15(5-7-18)24-19-21-11-17(12-22-19)23-16-8-9-20-14(3)10-16/h4-13H,1-3H3,(H,20,23)(H,21,22,24). The quantitative estimate of drug-likeness (QED) is 0.693. The Balaban J connectivity index is 1.62. The van der Waals surface area contributed by atoms with E-state index in [1.807, 2.05) is 57.2 Å². The molecule has 0 radical (unpaired) electrons. The van der Waals surface area contributed by atoms with Crippen molar-refractivity contribution in [3.05, 3.63) is 60.7 Å². The first kappa shape index (κ1) is 16.7. The molecule has 0 saturated heterocycles. The Hall–Kier alpha value is -3.15. The van der Waals surface area contributed by atoms with E-state index in [-0.39, 0.29) is 6.10 Å². The van der Waals surface area contributed by atoms with Gasteiger partial charge in [0, 0.05) is 23.3 Å². The summed E-state index contributed by atoms with van der Waals surface area (Å²) in [5, 5.41) is 6.42. The Morgan fingerprint density at radius 2 is 1.56 bits per heavy atom. The van der Waals surface area contributed by atoms with Crippen LogP contribution in [0.3, 0.4) is 0 Å². The van der Waals surface area contributed by atoms with Gasteiger partial charge in [-0.25, -0.2) is 9.97 Å². The lowest BCUT2D eigenvalue weighted by atomic mass is 10.3. The summed E-state index contributed by atoms with van der Waals surface area (Å²) >= 11 is 0. The number of anilines is 4. The zero-order valence-electron chi connectivity index (χ0n) is 14.5. The third-order valence-electron chi connectivity index (χ3n) is 3.32. The van der Waals surface area contributed by atoms with Crippen molar-refractivity contribution < 1.29 is 4.74 Å². The van der Waals surface area contributed by atoms with E-state index in [1.165, 1.54) is 0 Å². The van der Waals surface area contributed by atoms with Gasteiger partial charge in [-0.1, -0.05) is 0 Å². The summed E-state index contributed by atoms with van der Waals surface area (Å²) in [6.45, 7) is 5.96. The first-order chi connectivity index (χ1) is 12.1. The highest BCUT2D eigenvalue weighted by atomic mass is 16.5. The monoisotopic (exact) mass is 335 g/mol. The summed E-state index contributed by atoms with van der Waals surface area (Å²) in [4.78, 5) is 12.8. The van der Waals surface area contributed by atoms with Crippen LogP contribution in [0.15, 0.2) is 55.0 Å². The van der Waals surface area contributed by atoms with Crippen molar-refractivity contribution >= 4 is 23.0 Å². The first-order valence-electron chi connectivity index (χ1n) is 8.14. The van der Waals surface area contributed by atoms with E-state index < -0.39 is 0 Å². The highest BCUT2D eigenvalue weighted by Gasteiger charge is 2.02. The zero-order chi connectivity index (χ0) is 17.6. The number of benzene rings is 1. The first-order valence-corrected chi connectivity index (χ1v) is 8.14.